The minimum Gasteiger partial charge on any atom is -0.423 e. The second kappa shape index (κ2) is 8.29. The van der Waals surface area contributed by atoms with Crippen molar-refractivity contribution in [2.24, 2.45) is 11.3 Å². The van der Waals surface area contributed by atoms with Gasteiger partial charge in [-0.25, -0.2) is 0 Å². The van der Waals surface area contributed by atoms with Gasteiger partial charge in [-0.3, -0.25) is 4.79 Å². The Balaban J connectivity index is 1.30. The van der Waals surface area contributed by atoms with Gasteiger partial charge in [0.1, 0.15) is 5.52 Å². The van der Waals surface area contributed by atoms with Crippen LogP contribution in [0.1, 0.15) is 39.0 Å². The zero-order valence-electron chi connectivity index (χ0n) is 16.4. The summed E-state index contributed by atoms with van der Waals surface area (Å²) in [6.07, 6.45) is 4.93. The van der Waals surface area contributed by atoms with Gasteiger partial charge in [-0.1, -0.05) is 11.6 Å². The second-order valence-electron chi connectivity index (χ2n) is 8.18. The first-order valence-corrected chi connectivity index (χ1v) is 10.6. The van der Waals surface area contributed by atoms with Gasteiger partial charge >= 0.3 is 0 Å². The molecular weight excluding hydrogens is 378 g/mol. The molecule has 1 atom stereocenters. The molecule has 2 fully saturated rings. The number of ether oxygens (including phenoxy) is 1. The molecule has 2 heterocycles. The Morgan fingerprint density at radius 3 is 3.11 bits per heavy atom. The molecule has 28 heavy (non-hydrogen) atoms. The largest absolute Gasteiger partial charge is 0.423 e. The number of hydrogen-bond donors (Lipinski definition) is 1. The van der Waals surface area contributed by atoms with Crippen molar-refractivity contribution in [3.05, 3.63) is 23.2 Å². The summed E-state index contributed by atoms with van der Waals surface area (Å²) < 4.78 is 11.5. The van der Waals surface area contributed by atoms with E-state index in [1.54, 1.807) is 6.07 Å². The maximum absolute atomic E-state index is 12.5. The van der Waals surface area contributed by atoms with Crippen molar-refractivity contribution in [2.75, 3.05) is 37.7 Å². The number of fused-ring (bicyclic) bond motifs is 1. The highest BCUT2D eigenvalue weighted by atomic mass is 35.5. The standard InChI is InChI=1S/C21H28ClN3O3/c1-2-27-14-21(7-8-21)13-23-19(26)10-15-4-3-9-25(12-15)20-24-17-6-5-16(22)11-18(17)28-20/h5-6,11,15H,2-4,7-10,12-14H2,1H3,(H,23,26). The summed E-state index contributed by atoms with van der Waals surface area (Å²) >= 11 is 6.03. The van der Waals surface area contributed by atoms with Crippen LogP contribution in [0.2, 0.25) is 5.02 Å². The SMILES string of the molecule is CCOCC1(CNC(=O)CC2CCCN(c3nc4ccc(Cl)cc4o3)C2)CC1. The first kappa shape index (κ1) is 19.5. The van der Waals surface area contributed by atoms with Gasteiger partial charge in [0.2, 0.25) is 5.91 Å². The van der Waals surface area contributed by atoms with Crippen LogP contribution in [0.15, 0.2) is 22.6 Å². The van der Waals surface area contributed by atoms with Gasteiger partial charge in [0, 0.05) is 49.2 Å². The van der Waals surface area contributed by atoms with Crippen molar-refractivity contribution in [2.45, 2.75) is 39.0 Å². The Kier molecular flexibility index (Phi) is 5.78. The van der Waals surface area contributed by atoms with E-state index in [-0.39, 0.29) is 11.3 Å². The molecule has 1 aliphatic carbocycles. The van der Waals surface area contributed by atoms with Crippen molar-refractivity contribution < 1.29 is 13.9 Å². The van der Waals surface area contributed by atoms with E-state index in [9.17, 15) is 4.79 Å². The number of rotatable bonds is 8. The molecule has 1 unspecified atom stereocenters. The fourth-order valence-corrected chi connectivity index (χ4v) is 4.08. The average molecular weight is 406 g/mol. The highest BCUT2D eigenvalue weighted by Gasteiger charge is 2.43. The topological polar surface area (TPSA) is 67.6 Å². The van der Waals surface area contributed by atoms with Gasteiger partial charge in [0.05, 0.1) is 6.61 Å². The summed E-state index contributed by atoms with van der Waals surface area (Å²) in [5, 5.41) is 3.77. The lowest BCUT2D eigenvalue weighted by Crippen LogP contribution is -2.39. The first-order chi connectivity index (χ1) is 13.6. The lowest BCUT2D eigenvalue weighted by atomic mass is 9.94. The molecule has 7 heteroatoms. The van der Waals surface area contributed by atoms with E-state index >= 15 is 0 Å². The van der Waals surface area contributed by atoms with Gasteiger partial charge in [-0.15, -0.1) is 0 Å². The molecule has 2 aliphatic rings. The van der Waals surface area contributed by atoms with Crippen LogP contribution >= 0.6 is 11.6 Å². The number of aromatic nitrogens is 1. The number of carbonyl (C=O) groups excluding carboxylic acids is 1. The minimum atomic E-state index is 0.138. The third-order valence-corrected chi connectivity index (χ3v) is 6.07. The Labute approximate surface area is 170 Å². The summed E-state index contributed by atoms with van der Waals surface area (Å²) in [6, 6.07) is 6.10. The molecule has 152 valence electrons. The van der Waals surface area contributed by atoms with Crippen LogP contribution < -0.4 is 10.2 Å². The van der Waals surface area contributed by atoms with Gasteiger partial charge in [0.15, 0.2) is 5.58 Å². The maximum Gasteiger partial charge on any atom is 0.298 e. The highest BCUT2D eigenvalue weighted by Crippen LogP contribution is 2.45. The maximum atomic E-state index is 12.5. The first-order valence-electron chi connectivity index (χ1n) is 10.2. The zero-order valence-corrected chi connectivity index (χ0v) is 17.1. The number of nitrogens with one attached hydrogen (secondary N) is 1. The molecule has 0 bridgehead atoms. The monoisotopic (exact) mass is 405 g/mol. The predicted octanol–water partition coefficient (Wildman–Crippen LogP) is 4.02. The van der Waals surface area contributed by atoms with Crippen LogP contribution in [0.3, 0.4) is 0 Å². The highest BCUT2D eigenvalue weighted by molar-refractivity contribution is 6.31. The molecule has 1 aromatic carbocycles. The molecule has 1 saturated heterocycles. The Morgan fingerprint density at radius 1 is 1.46 bits per heavy atom. The molecule has 2 aromatic rings. The minimum absolute atomic E-state index is 0.138. The van der Waals surface area contributed by atoms with E-state index in [0.29, 0.717) is 29.0 Å². The normalized spacial score (nSPS) is 21.1. The molecule has 1 aromatic heterocycles. The van der Waals surface area contributed by atoms with Crippen molar-refractivity contribution >= 4 is 34.6 Å². The molecule has 1 saturated carbocycles. The van der Waals surface area contributed by atoms with Crippen LogP contribution in [0.5, 0.6) is 0 Å². The molecule has 1 amide bonds. The summed E-state index contributed by atoms with van der Waals surface area (Å²) in [5.74, 6) is 0.452. The van der Waals surface area contributed by atoms with Gasteiger partial charge < -0.3 is 19.4 Å². The molecular formula is C21H28ClN3O3. The van der Waals surface area contributed by atoms with Gasteiger partial charge in [-0.05, 0) is 50.7 Å². The van der Waals surface area contributed by atoms with Crippen LogP contribution in [0.4, 0.5) is 6.01 Å². The zero-order chi connectivity index (χ0) is 19.6. The van der Waals surface area contributed by atoms with Crippen LogP contribution in [0.25, 0.3) is 11.1 Å². The summed E-state index contributed by atoms with van der Waals surface area (Å²) in [7, 11) is 0. The smallest absolute Gasteiger partial charge is 0.298 e. The van der Waals surface area contributed by atoms with Crippen molar-refractivity contribution in [3.63, 3.8) is 0 Å². The fourth-order valence-electron chi connectivity index (χ4n) is 3.91. The summed E-state index contributed by atoms with van der Waals surface area (Å²) in [4.78, 5) is 19.2. The number of hydrogen-bond acceptors (Lipinski definition) is 5. The number of amides is 1. The number of piperidine rings is 1. The van der Waals surface area contributed by atoms with Gasteiger partial charge in [0.25, 0.3) is 6.01 Å². The van der Waals surface area contributed by atoms with Crippen molar-refractivity contribution in [1.82, 2.24) is 10.3 Å². The van der Waals surface area contributed by atoms with Crippen molar-refractivity contribution in [1.29, 1.82) is 0 Å². The molecule has 0 spiro atoms. The predicted molar refractivity (Wildman–Crippen MR) is 110 cm³/mol. The Hall–Kier alpha value is -1.79. The third kappa shape index (κ3) is 4.61. The van der Waals surface area contributed by atoms with E-state index in [1.165, 1.54) is 0 Å². The van der Waals surface area contributed by atoms with Crippen LogP contribution in [0, 0.1) is 11.3 Å². The molecule has 6 nitrogen and oxygen atoms in total. The number of halogens is 1. The second-order valence-corrected chi connectivity index (χ2v) is 8.62. The van der Waals surface area contributed by atoms with E-state index in [2.05, 4.69) is 15.2 Å². The Morgan fingerprint density at radius 2 is 2.32 bits per heavy atom. The summed E-state index contributed by atoms with van der Waals surface area (Å²) in [6.45, 7) is 5.91. The third-order valence-electron chi connectivity index (χ3n) is 5.83. The lowest BCUT2D eigenvalue weighted by molar-refractivity contribution is -0.122. The molecule has 4 rings (SSSR count). The van der Waals surface area contributed by atoms with Crippen LogP contribution in [-0.4, -0.2) is 43.7 Å². The number of anilines is 1. The molecule has 1 N–H and O–H groups in total. The van der Waals surface area contributed by atoms with Gasteiger partial charge in [-0.2, -0.15) is 4.98 Å². The Bertz CT molecular complexity index is 833. The number of oxazole rings is 1. The van der Waals surface area contributed by atoms with Crippen LogP contribution in [-0.2, 0) is 9.53 Å². The number of nitrogens with zero attached hydrogens (tertiary/aromatic N) is 2. The number of carbonyl (C=O) groups is 1. The molecule has 0 radical (unpaired) electrons. The van der Waals surface area contributed by atoms with Crippen molar-refractivity contribution in [3.8, 4) is 0 Å². The van der Waals surface area contributed by atoms with E-state index in [1.807, 2.05) is 19.1 Å². The quantitative estimate of drug-likeness (QED) is 0.718. The van der Waals surface area contributed by atoms with E-state index < -0.39 is 0 Å². The molecule has 1 aliphatic heterocycles. The van der Waals surface area contributed by atoms with E-state index in [4.69, 9.17) is 20.8 Å². The van der Waals surface area contributed by atoms with E-state index in [0.717, 1.165) is 64.0 Å². The lowest BCUT2D eigenvalue weighted by Gasteiger charge is -2.31. The fraction of sp³-hybridized carbons (Fsp3) is 0.619. The summed E-state index contributed by atoms with van der Waals surface area (Å²) in [5.41, 5.74) is 1.69. The average Bonchev–Trinajstić information content (AvgIpc) is 3.34. The number of benzene rings is 1.